The zero-order chi connectivity index (χ0) is 28.2. The summed E-state index contributed by atoms with van der Waals surface area (Å²) in [4.78, 5) is 4.25. The van der Waals surface area contributed by atoms with Gasteiger partial charge in [-0.15, -0.1) is 0 Å². The second-order valence-electron chi connectivity index (χ2n) is 11.4. The number of rotatable bonds is 5. The summed E-state index contributed by atoms with van der Waals surface area (Å²) in [6, 6.07) is 13.6. The maximum absolute atomic E-state index is 14.1. The van der Waals surface area contributed by atoms with Gasteiger partial charge < -0.3 is 19.2 Å². The number of nitrogens with two attached hydrogens (primary N) is 1. The molecule has 1 aliphatic carbocycles. The van der Waals surface area contributed by atoms with E-state index in [0.717, 1.165) is 24.0 Å². The Morgan fingerprint density at radius 2 is 1.69 bits per heavy atom. The van der Waals surface area contributed by atoms with Crippen molar-refractivity contribution in [3.63, 3.8) is 0 Å². The molecule has 11 heteroatoms. The monoisotopic (exact) mass is 556 g/mol. The van der Waals surface area contributed by atoms with Crippen LogP contribution < -0.4 is 5.73 Å². The van der Waals surface area contributed by atoms with E-state index in [2.05, 4.69) is 49.2 Å². The number of fused-ring (bicyclic) bond motifs is 1. The Balaban J connectivity index is 1.48. The summed E-state index contributed by atoms with van der Waals surface area (Å²) in [5.41, 5.74) is 8.05. The van der Waals surface area contributed by atoms with Gasteiger partial charge in [-0.2, -0.15) is 18.2 Å². The minimum Gasteiger partial charge on any atom is -0.408 e. The van der Waals surface area contributed by atoms with Crippen molar-refractivity contribution in [3.05, 3.63) is 65.2 Å². The molecule has 0 unspecified atom stereocenters. The van der Waals surface area contributed by atoms with Gasteiger partial charge in [-0.3, -0.25) is 0 Å². The van der Waals surface area contributed by atoms with Crippen LogP contribution in [0.3, 0.4) is 0 Å². The number of aryl methyl sites for hydroxylation is 1. The first kappa shape index (κ1) is 27.3. The second kappa shape index (κ2) is 9.72. The van der Waals surface area contributed by atoms with Crippen molar-refractivity contribution in [1.29, 1.82) is 0 Å². The van der Waals surface area contributed by atoms with Crippen LogP contribution in [0.5, 0.6) is 0 Å². The molecule has 2 aromatic carbocycles. The Labute approximate surface area is 225 Å². The normalized spacial score (nSPS) is 18.3. The zero-order valence-corrected chi connectivity index (χ0v) is 23.5. The molecule has 0 saturated heterocycles. The van der Waals surface area contributed by atoms with Gasteiger partial charge in [0.25, 0.3) is 5.89 Å². The molecule has 4 aromatic rings. The van der Waals surface area contributed by atoms with Gasteiger partial charge in [0.1, 0.15) is 11.3 Å². The van der Waals surface area contributed by atoms with Crippen molar-refractivity contribution in [3.8, 4) is 34.3 Å². The Kier molecular flexibility index (Phi) is 6.80. The summed E-state index contributed by atoms with van der Waals surface area (Å²) < 4.78 is 59.3. The summed E-state index contributed by atoms with van der Waals surface area (Å²) >= 11 is 0. The lowest BCUT2D eigenvalue weighted by molar-refractivity contribution is -0.136. The van der Waals surface area contributed by atoms with Crippen LogP contribution in [-0.2, 0) is 17.0 Å². The van der Waals surface area contributed by atoms with Crippen LogP contribution in [0.2, 0.25) is 18.1 Å². The highest BCUT2D eigenvalue weighted by Crippen LogP contribution is 2.45. The molecule has 0 saturated carbocycles. The summed E-state index contributed by atoms with van der Waals surface area (Å²) in [7, 11) is -2.09. The van der Waals surface area contributed by atoms with Crippen LogP contribution >= 0.6 is 0 Å². The summed E-state index contributed by atoms with van der Waals surface area (Å²) in [5, 5.41) is 7.67. The third-order valence-corrected chi connectivity index (χ3v) is 12.2. The molecule has 39 heavy (non-hydrogen) atoms. The van der Waals surface area contributed by atoms with Gasteiger partial charge in [-0.25, -0.2) is 0 Å². The lowest BCUT2D eigenvalue weighted by atomic mass is 9.85. The van der Waals surface area contributed by atoms with Gasteiger partial charge in [0.05, 0.1) is 6.10 Å². The highest BCUT2D eigenvalue weighted by molar-refractivity contribution is 6.74. The van der Waals surface area contributed by atoms with Crippen LogP contribution in [0.15, 0.2) is 57.6 Å². The highest BCUT2D eigenvalue weighted by atomic mass is 28.4. The van der Waals surface area contributed by atoms with E-state index in [-0.39, 0.29) is 34.3 Å². The molecule has 0 bridgehead atoms. The molecular formula is C28H31F3N4O3Si. The molecule has 2 atom stereocenters. The third kappa shape index (κ3) is 5.18. The highest BCUT2D eigenvalue weighted by Gasteiger charge is 2.44. The molecule has 0 spiro atoms. The fraction of sp³-hybridized carbons (Fsp3) is 0.393. The van der Waals surface area contributed by atoms with E-state index in [1.165, 1.54) is 12.1 Å². The maximum atomic E-state index is 14.1. The van der Waals surface area contributed by atoms with E-state index in [0.29, 0.717) is 5.56 Å². The summed E-state index contributed by atoms with van der Waals surface area (Å²) in [6.07, 6.45) is -3.49. The fourth-order valence-corrected chi connectivity index (χ4v) is 5.80. The Morgan fingerprint density at radius 3 is 2.36 bits per heavy atom. The first-order valence-electron chi connectivity index (χ1n) is 12.8. The quantitative estimate of drug-likeness (QED) is 0.255. The first-order chi connectivity index (χ1) is 18.3. The lowest BCUT2D eigenvalue weighted by Crippen LogP contribution is -2.46. The fourth-order valence-electron chi connectivity index (χ4n) is 4.51. The second-order valence-corrected chi connectivity index (χ2v) is 16.2. The Bertz CT molecular complexity index is 1480. The van der Waals surface area contributed by atoms with Crippen LogP contribution in [0.4, 0.5) is 13.2 Å². The Morgan fingerprint density at radius 1 is 0.974 bits per heavy atom. The van der Waals surface area contributed by atoms with Crippen LogP contribution in [-0.4, -0.2) is 29.7 Å². The van der Waals surface area contributed by atoms with Gasteiger partial charge >= 0.3 is 6.18 Å². The summed E-state index contributed by atoms with van der Waals surface area (Å²) in [5.74, 6) is -0.868. The van der Waals surface area contributed by atoms with Crippen molar-refractivity contribution < 1.29 is 26.6 Å². The molecule has 206 valence electrons. The number of aromatic nitrogens is 3. The van der Waals surface area contributed by atoms with Crippen molar-refractivity contribution in [1.82, 2.24) is 15.3 Å². The Hall–Kier alpha value is -3.28. The number of nitrogens with zero attached hydrogens (tertiary/aromatic N) is 3. The minimum atomic E-state index is -4.75. The number of hydrogen-bond donors (Lipinski definition) is 1. The van der Waals surface area contributed by atoms with Crippen LogP contribution in [0.1, 0.15) is 50.0 Å². The number of halogens is 3. The molecule has 2 heterocycles. The predicted molar refractivity (Wildman–Crippen MR) is 143 cm³/mol. The molecule has 2 N–H and O–H groups in total. The number of benzene rings is 2. The van der Waals surface area contributed by atoms with E-state index >= 15 is 0 Å². The predicted octanol–water partition coefficient (Wildman–Crippen LogP) is 7.41. The van der Waals surface area contributed by atoms with Gasteiger partial charge in [0.2, 0.25) is 11.6 Å². The van der Waals surface area contributed by atoms with Crippen molar-refractivity contribution >= 4 is 8.32 Å². The van der Waals surface area contributed by atoms with E-state index in [4.69, 9.17) is 19.2 Å². The molecule has 1 aliphatic rings. The largest absolute Gasteiger partial charge is 0.422 e. The SMILES string of the molecule is CC(C)(C)[Si](C)(C)O[C@H]1c2ccc(-c3noc(-c4onc(-c5ccccc5)c4C(F)(F)F)n3)cc2CC[C@H]1N. The standard InChI is InChI=1S/C28H31F3N4O3Si/c1-27(2,3)39(4,5)38-23-19-13-11-18(15-17(19)12-14-20(23)32)25-33-26(37-35-25)24-21(28(29,30)31)22(34-36-24)16-9-7-6-8-10-16/h6-11,13,15,20,23H,12,14,32H2,1-5H3/t20-,23+/m1/s1. The molecule has 2 aromatic heterocycles. The molecular weight excluding hydrogens is 525 g/mol. The van der Waals surface area contributed by atoms with Gasteiger partial charge in [-0.1, -0.05) is 73.5 Å². The average molecular weight is 557 g/mol. The van der Waals surface area contributed by atoms with E-state index in [1.807, 2.05) is 18.2 Å². The molecule has 7 nitrogen and oxygen atoms in total. The molecule has 5 rings (SSSR count). The van der Waals surface area contributed by atoms with Crippen molar-refractivity contribution in [2.24, 2.45) is 5.73 Å². The maximum Gasteiger partial charge on any atom is 0.422 e. The van der Waals surface area contributed by atoms with E-state index in [1.54, 1.807) is 18.2 Å². The zero-order valence-electron chi connectivity index (χ0n) is 22.5. The van der Waals surface area contributed by atoms with Gasteiger partial charge in [-0.05, 0) is 48.2 Å². The van der Waals surface area contributed by atoms with Gasteiger partial charge in [0, 0.05) is 17.2 Å². The molecule has 0 fully saturated rings. The van der Waals surface area contributed by atoms with Crippen LogP contribution in [0.25, 0.3) is 34.3 Å². The van der Waals surface area contributed by atoms with E-state index < -0.39 is 31.7 Å². The summed E-state index contributed by atoms with van der Waals surface area (Å²) in [6.45, 7) is 11.0. The first-order valence-corrected chi connectivity index (χ1v) is 15.7. The van der Waals surface area contributed by atoms with Crippen molar-refractivity contribution in [2.45, 2.75) is 70.1 Å². The third-order valence-electron chi connectivity index (χ3n) is 7.71. The van der Waals surface area contributed by atoms with Gasteiger partial charge in [0.15, 0.2) is 8.32 Å². The minimum absolute atomic E-state index is 0.0294. The van der Waals surface area contributed by atoms with Crippen molar-refractivity contribution in [2.75, 3.05) is 0 Å². The molecule has 0 radical (unpaired) electrons. The molecule has 0 amide bonds. The number of hydrogen-bond acceptors (Lipinski definition) is 7. The number of alkyl halides is 3. The topological polar surface area (TPSA) is 100 Å². The lowest BCUT2D eigenvalue weighted by Gasteiger charge is -2.42. The molecule has 0 aliphatic heterocycles. The van der Waals surface area contributed by atoms with Crippen LogP contribution in [0, 0.1) is 0 Å². The average Bonchev–Trinajstić information content (AvgIpc) is 3.53. The smallest absolute Gasteiger partial charge is 0.408 e. The van der Waals surface area contributed by atoms with E-state index in [9.17, 15) is 13.2 Å².